The highest BCUT2D eigenvalue weighted by atomic mass is 15.4. The summed E-state index contributed by atoms with van der Waals surface area (Å²) in [7, 11) is 0. The molecule has 17 heavy (non-hydrogen) atoms. The van der Waals surface area contributed by atoms with E-state index in [2.05, 4.69) is 41.9 Å². The predicted octanol–water partition coefficient (Wildman–Crippen LogP) is 2.14. The van der Waals surface area contributed by atoms with Crippen molar-refractivity contribution in [2.24, 2.45) is 10.7 Å². The molecule has 1 aromatic rings. The maximum absolute atomic E-state index is 5.99. The number of rotatable bonds is 2. The summed E-state index contributed by atoms with van der Waals surface area (Å²) in [6, 6.07) is 7.69. The number of hydrogen-bond acceptors (Lipinski definition) is 3. The lowest BCUT2D eigenvalue weighted by molar-refractivity contribution is 0.338. The average Bonchev–Trinajstić information content (AvgIpc) is 3.06. The first-order chi connectivity index (χ1) is 8.16. The van der Waals surface area contributed by atoms with Crippen LogP contribution >= 0.6 is 0 Å². The second-order valence-electron chi connectivity index (χ2n) is 5.20. The maximum atomic E-state index is 5.99. The van der Waals surface area contributed by atoms with Crippen LogP contribution in [0, 0.1) is 13.8 Å². The van der Waals surface area contributed by atoms with Crippen LogP contribution in [0.4, 0.5) is 0 Å². The fourth-order valence-electron chi connectivity index (χ4n) is 2.54. The quantitative estimate of drug-likeness (QED) is 0.844. The Labute approximate surface area is 102 Å². The molecule has 1 atom stereocenters. The molecule has 0 bridgehead atoms. The summed E-state index contributed by atoms with van der Waals surface area (Å²) in [5.41, 5.74) is 10.0. The fourth-order valence-corrected chi connectivity index (χ4v) is 2.54. The largest absolute Gasteiger partial charge is 0.370 e. The molecule has 3 rings (SSSR count). The molecule has 1 heterocycles. The molecule has 0 saturated heterocycles. The van der Waals surface area contributed by atoms with Crippen LogP contribution in [0.2, 0.25) is 0 Å². The van der Waals surface area contributed by atoms with Gasteiger partial charge in [0.15, 0.2) is 5.96 Å². The molecule has 90 valence electrons. The van der Waals surface area contributed by atoms with Gasteiger partial charge in [0.2, 0.25) is 0 Å². The summed E-state index contributed by atoms with van der Waals surface area (Å²) >= 11 is 0. The van der Waals surface area contributed by atoms with Crippen molar-refractivity contribution in [1.82, 2.24) is 4.90 Å². The Morgan fingerprint density at radius 3 is 2.65 bits per heavy atom. The van der Waals surface area contributed by atoms with Crippen molar-refractivity contribution in [3.8, 4) is 0 Å². The maximum Gasteiger partial charge on any atom is 0.192 e. The number of aliphatic imine (C=N–C) groups is 1. The number of guanidine groups is 1. The molecule has 0 aromatic heterocycles. The predicted molar refractivity (Wildman–Crippen MR) is 70.0 cm³/mol. The molecule has 1 fully saturated rings. The number of benzene rings is 1. The van der Waals surface area contributed by atoms with Crippen molar-refractivity contribution in [3.63, 3.8) is 0 Å². The van der Waals surface area contributed by atoms with Gasteiger partial charge >= 0.3 is 0 Å². The van der Waals surface area contributed by atoms with Gasteiger partial charge in [0.05, 0.1) is 12.6 Å². The highest BCUT2D eigenvalue weighted by Gasteiger charge is 2.38. The minimum Gasteiger partial charge on any atom is -0.370 e. The molecule has 3 heteroatoms. The first-order valence-corrected chi connectivity index (χ1v) is 6.32. The smallest absolute Gasteiger partial charge is 0.192 e. The molecular weight excluding hydrogens is 210 g/mol. The third-order valence-corrected chi connectivity index (χ3v) is 3.88. The van der Waals surface area contributed by atoms with Crippen LogP contribution in [-0.2, 0) is 0 Å². The molecule has 1 aliphatic heterocycles. The molecule has 3 nitrogen and oxygen atoms in total. The second kappa shape index (κ2) is 3.76. The summed E-state index contributed by atoms with van der Waals surface area (Å²) in [4.78, 5) is 6.72. The molecular formula is C14H19N3. The molecule has 0 amide bonds. The number of aryl methyl sites for hydroxylation is 2. The fraction of sp³-hybridized carbons (Fsp3) is 0.500. The van der Waals surface area contributed by atoms with Crippen LogP contribution in [0.15, 0.2) is 23.2 Å². The van der Waals surface area contributed by atoms with Gasteiger partial charge in [0.1, 0.15) is 0 Å². The highest BCUT2D eigenvalue weighted by molar-refractivity contribution is 5.81. The van der Waals surface area contributed by atoms with E-state index in [1.54, 1.807) is 0 Å². The van der Waals surface area contributed by atoms with Gasteiger partial charge in [-0.1, -0.05) is 18.2 Å². The van der Waals surface area contributed by atoms with E-state index in [1.165, 1.54) is 29.5 Å². The van der Waals surface area contributed by atoms with Crippen molar-refractivity contribution in [3.05, 3.63) is 34.9 Å². The van der Waals surface area contributed by atoms with Crippen molar-refractivity contribution >= 4 is 5.96 Å². The van der Waals surface area contributed by atoms with Gasteiger partial charge in [-0.25, -0.2) is 0 Å². The third-order valence-electron chi connectivity index (χ3n) is 3.88. The number of nitrogens with zero attached hydrogens (tertiary/aromatic N) is 2. The lowest BCUT2D eigenvalue weighted by Crippen LogP contribution is -2.37. The van der Waals surface area contributed by atoms with Gasteiger partial charge < -0.3 is 10.6 Å². The van der Waals surface area contributed by atoms with Crippen LogP contribution in [-0.4, -0.2) is 23.4 Å². The minimum absolute atomic E-state index is 0.363. The zero-order chi connectivity index (χ0) is 12.0. The summed E-state index contributed by atoms with van der Waals surface area (Å²) < 4.78 is 0. The molecule has 2 aliphatic rings. The van der Waals surface area contributed by atoms with Crippen LogP contribution in [0.1, 0.15) is 35.6 Å². The lowest BCUT2D eigenvalue weighted by atomic mass is 10.0. The van der Waals surface area contributed by atoms with E-state index in [-0.39, 0.29) is 0 Å². The van der Waals surface area contributed by atoms with Crippen molar-refractivity contribution < 1.29 is 0 Å². The van der Waals surface area contributed by atoms with Gasteiger partial charge in [0, 0.05) is 6.04 Å². The first kappa shape index (κ1) is 10.6. The minimum atomic E-state index is 0.363. The molecule has 1 saturated carbocycles. The van der Waals surface area contributed by atoms with E-state index in [0.29, 0.717) is 12.1 Å². The molecule has 1 aromatic carbocycles. The van der Waals surface area contributed by atoms with E-state index >= 15 is 0 Å². The number of hydrogen-bond donors (Lipinski definition) is 1. The van der Waals surface area contributed by atoms with Gasteiger partial charge in [-0.15, -0.1) is 0 Å². The third kappa shape index (κ3) is 1.79. The molecule has 2 N–H and O–H groups in total. The van der Waals surface area contributed by atoms with Crippen molar-refractivity contribution in [2.45, 2.75) is 38.8 Å². The highest BCUT2D eigenvalue weighted by Crippen LogP contribution is 2.37. The Hall–Kier alpha value is -1.51. The van der Waals surface area contributed by atoms with E-state index in [9.17, 15) is 0 Å². The van der Waals surface area contributed by atoms with Gasteiger partial charge in [-0.3, -0.25) is 4.99 Å². The lowest BCUT2D eigenvalue weighted by Gasteiger charge is -2.26. The second-order valence-corrected chi connectivity index (χ2v) is 5.20. The summed E-state index contributed by atoms with van der Waals surface area (Å²) in [5.74, 6) is 0.732. The van der Waals surface area contributed by atoms with Crippen LogP contribution in [0.3, 0.4) is 0 Å². The van der Waals surface area contributed by atoms with Crippen LogP contribution in [0.25, 0.3) is 0 Å². The normalized spacial score (nSPS) is 24.0. The summed E-state index contributed by atoms with van der Waals surface area (Å²) in [5, 5.41) is 0. The van der Waals surface area contributed by atoms with Crippen molar-refractivity contribution in [2.75, 3.05) is 6.54 Å². The Bertz CT molecular complexity index is 474. The standard InChI is InChI=1S/C14H19N3/c1-9-3-4-11(7-10(9)2)13-8-16-14(15)17(13)12-5-6-12/h3-4,7,12-13H,5-6,8H2,1-2H3,(H2,15,16). The summed E-state index contributed by atoms with van der Waals surface area (Å²) in [6.45, 7) is 5.13. The Morgan fingerprint density at radius 1 is 1.24 bits per heavy atom. The first-order valence-electron chi connectivity index (χ1n) is 6.32. The van der Waals surface area contributed by atoms with Gasteiger partial charge in [-0.2, -0.15) is 0 Å². The van der Waals surface area contributed by atoms with Gasteiger partial charge in [-0.05, 0) is 43.4 Å². The molecule has 1 aliphatic carbocycles. The number of nitrogens with two attached hydrogens (primary N) is 1. The molecule has 1 unspecified atom stereocenters. The van der Waals surface area contributed by atoms with Crippen LogP contribution < -0.4 is 5.73 Å². The monoisotopic (exact) mass is 229 g/mol. The van der Waals surface area contributed by atoms with E-state index in [4.69, 9.17) is 5.73 Å². The summed E-state index contributed by atoms with van der Waals surface area (Å²) in [6.07, 6.45) is 2.52. The Morgan fingerprint density at radius 2 is 2.00 bits per heavy atom. The topological polar surface area (TPSA) is 41.6 Å². The van der Waals surface area contributed by atoms with Crippen molar-refractivity contribution in [1.29, 1.82) is 0 Å². The Balaban J connectivity index is 1.91. The molecule has 0 radical (unpaired) electrons. The molecule has 0 spiro atoms. The average molecular weight is 229 g/mol. The van der Waals surface area contributed by atoms with E-state index < -0.39 is 0 Å². The Kier molecular flexibility index (Phi) is 2.35. The zero-order valence-corrected chi connectivity index (χ0v) is 10.5. The van der Waals surface area contributed by atoms with Crippen LogP contribution in [0.5, 0.6) is 0 Å². The van der Waals surface area contributed by atoms with E-state index in [0.717, 1.165) is 12.5 Å². The SMILES string of the molecule is Cc1ccc(C2CN=C(N)N2C2CC2)cc1C. The zero-order valence-electron chi connectivity index (χ0n) is 10.5. The van der Waals surface area contributed by atoms with Gasteiger partial charge in [0.25, 0.3) is 0 Å². The van der Waals surface area contributed by atoms with E-state index in [1.807, 2.05) is 0 Å².